The molecule has 8 aromatic carbocycles. The summed E-state index contributed by atoms with van der Waals surface area (Å²) in [5.74, 6) is 0. The Hall–Kier alpha value is -6.64. The predicted molar refractivity (Wildman–Crippen MR) is 234 cm³/mol. The van der Waals surface area contributed by atoms with Crippen LogP contribution in [-0.2, 0) is 10.8 Å². The second-order valence-corrected chi connectivity index (χ2v) is 16.5. The van der Waals surface area contributed by atoms with E-state index in [9.17, 15) is 0 Å². The van der Waals surface area contributed by atoms with Crippen molar-refractivity contribution in [2.24, 2.45) is 0 Å². The first-order valence-electron chi connectivity index (χ1n) is 19.7. The summed E-state index contributed by atoms with van der Waals surface area (Å²) in [7, 11) is 0. The third-order valence-electron chi connectivity index (χ3n) is 12.7. The van der Waals surface area contributed by atoms with Crippen molar-refractivity contribution >= 4 is 39.0 Å². The van der Waals surface area contributed by atoms with E-state index in [-0.39, 0.29) is 10.8 Å². The van der Waals surface area contributed by atoms with Crippen molar-refractivity contribution in [1.82, 2.24) is 0 Å². The first kappa shape index (κ1) is 32.8. The topological polar surface area (TPSA) is 16.4 Å². The largest absolute Gasteiger partial charge is 0.455 e. The van der Waals surface area contributed by atoms with Crippen LogP contribution in [0.25, 0.3) is 66.4 Å². The normalized spacial score (nSPS) is 14.4. The summed E-state index contributed by atoms with van der Waals surface area (Å²) in [5.41, 5.74) is 20.2. The van der Waals surface area contributed by atoms with Gasteiger partial charge in [-0.05, 0) is 80.4 Å². The summed E-state index contributed by atoms with van der Waals surface area (Å²) >= 11 is 0. The van der Waals surface area contributed by atoms with Crippen LogP contribution in [0.3, 0.4) is 0 Å². The summed E-state index contributed by atoms with van der Waals surface area (Å²) in [5, 5.41) is 2.25. The van der Waals surface area contributed by atoms with E-state index in [0.717, 1.165) is 55.6 Å². The quantitative estimate of drug-likeness (QED) is 0.176. The molecule has 0 aliphatic heterocycles. The highest BCUT2D eigenvalue weighted by Crippen LogP contribution is 2.56. The van der Waals surface area contributed by atoms with Gasteiger partial charge in [-0.1, -0.05) is 173 Å². The fourth-order valence-corrected chi connectivity index (χ4v) is 9.90. The molecule has 2 nitrogen and oxygen atoms in total. The van der Waals surface area contributed by atoms with E-state index in [1.807, 2.05) is 0 Å². The van der Waals surface area contributed by atoms with E-state index in [1.165, 1.54) is 50.2 Å². The number of para-hydroxylation sites is 2. The van der Waals surface area contributed by atoms with E-state index in [0.29, 0.717) is 0 Å². The molecule has 11 rings (SSSR count). The first-order chi connectivity index (χ1) is 27.3. The van der Waals surface area contributed by atoms with Crippen molar-refractivity contribution in [3.8, 4) is 44.5 Å². The number of rotatable bonds is 5. The van der Waals surface area contributed by atoms with E-state index < -0.39 is 0 Å². The van der Waals surface area contributed by atoms with Crippen LogP contribution in [0.2, 0.25) is 0 Å². The highest BCUT2D eigenvalue weighted by atomic mass is 16.3. The van der Waals surface area contributed by atoms with Gasteiger partial charge in [0.1, 0.15) is 11.2 Å². The number of benzene rings is 8. The molecule has 9 aromatic rings. The third kappa shape index (κ3) is 4.62. The van der Waals surface area contributed by atoms with Gasteiger partial charge in [0.25, 0.3) is 0 Å². The summed E-state index contributed by atoms with van der Waals surface area (Å²) in [6.07, 6.45) is 0. The van der Waals surface area contributed by atoms with Crippen LogP contribution < -0.4 is 4.90 Å². The molecule has 1 aromatic heterocycles. The number of hydrogen-bond donors (Lipinski definition) is 0. The Morgan fingerprint density at radius 3 is 1.64 bits per heavy atom. The predicted octanol–water partition coefficient (Wildman–Crippen LogP) is 15.0. The maximum Gasteiger partial charge on any atom is 0.143 e. The minimum absolute atomic E-state index is 0.0716. The highest BCUT2D eigenvalue weighted by molar-refractivity contribution is 6.13. The highest BCUT2D eigenvalue weighted by Gasteiger charge is 2.39. The van der Waals surface area contributed by atoms with Crippen molar-refractivity contribution in [1.29, 1.82) is 0 Å². The second-order valence-electron chi connectivity index (χ2n) is 16.5. The molecule has 0 bridgehead atoms. The molecule has 0 radical (unpaired) electrons. The molecule has 0 atom stereocenters. The van der Waals surface area contributed by atoms with Gasteiger partial charge in [-0.2, -0.15) is 0 Å². The number of fused-ring (bicyclic) bond motifs is 9. The van der Waals surface area contributed by atoms with Crippen LogP contribution in [0.4, 0.5) is 17.1 Å². The van der Waals surface area contributed by atoms with Gasteiger partial charge in [0.05, 0.1) is 5.69 Å². The van der Waals surface area contributed by atoms with Crippen molar-refractivity contribution in [2.45, 2.75) is 38.5 Å². The fourth-order valence-electron chi connectivity index (χ4n) is 9.90. The molecule has 2 aliphatic rings. The minimum atomic E-state index is -0.119. The average Bonchev–Trinajstić information content (AvgIpc) is 3.82. The zero-order valence-electron chi connectivity index (χ0n) is 32.1. The molecule has 0 amide bonds. The van der Waals surface area contributed by atoms with Gasteiger partial charge in [0.2, 0.25) is 0 Å². The molecular formula is C54H41NO. The smallest absolute Gasteiger partial charge is 0.143 e. The van der Waals surface area contributed by atoms with Crippen molar-refractivity contribution < 1.29 is 4.42 Å². The van der Waals surface area contributed by atoms with Gasteiger partial charge < -0.3 is 9.32 Å². The Labute approximate surface area is 328 Å². The van der Waals surface area contributed by atoms with Gasteiger partial charge in [-0.15, -0.1) is 0 Å². The Balaban J connectivity index is 1.14. The van der Waals surface area contributed by atoms with E-state index in [4.69, 9.17) is 4.42 Å². The fraction of sp³-hybridized carbons (Fsp3) is 0.111. The van der Waals surface area contributed by atoms with Crippen LogP contribution in [0.1, 0.15) is 49.9 Å². The maximum atomic E-state index is 6.91. The molecular weight excluding hydrogens is 679 g/mol. The Bertz CT molecular complexity index is 3030. The molecule has 0 unspecified atom stereocenters. The molecule has 0 saturated heterocycles. The van der Waals surface area contributed by atoms with Crippen LogP contribution in [0.5, 0.6) is 0 Å². The minimum Gasteiger partial charge on any atom is -0.455 e. The number of hydrogen-bond acceptors (Lipinski definition) is 2. The van der Waals surface area contributed by atoms with E-state index in [2.05, 4.69) is 209 Å². The van der Waals surface area contributed by atoms with Gasteiger partial charge in [-0.3, -0.25) is 0 Å². The molecule has 268 valence electrons. The third-order valence-corrected chi connectivity index (χ3v) is 12.7. The molecule has 2 heteroatoms. The number of furan rings is 1. The Kier molecular flexibility index (Phi) is 6.98. The zero-order chi connectivity index (χ0) is 37.8. The summed E-state index contributed by atoms with van der Waals surface area (Å²) in [4.78, 5) is 2.49. The number of nitrogens with zero attached hydrogens (tertiary/aromatic N) is 1. The second kappa shape index (κ2) is 11.9. The van der Waals surface area contributed by atoms with Crippen LogP contribution >= 0.6 is 0 Å². The van der Waals surface area contributed by atoms with E-state index in [1.54, 1.807) is 0 Å². The average molecular weight is 720 g/mol. The summed E-state index contributed by atoms with van der Waals surface area (Å²) in [6.45, 7) is 9.42. The Morgan fingerprint density at radius 2 is 0.893 bits per heavy atom. The SMILES string of the molecule is CC1(C)c2ccccc2-c2cc(N(c3cccc(-c4cccc5c4oc4c(-c6ccccc6)cccc45)c3)c3cccc4c3-c3ccccc3C4(C)C)ccc21. The Morgan fingerprint density at radius 1 is 0.375 bits per heavy atom. The van der Waals surface area contributed by atoms with Crippen LogP contribution in [0.15, 0.2) is 180 Å². The zero-order valence-corrected chi connectivity index (χ0v) is 32.1. The lowest BCUT2D eigenvalue weighted by molar-refractivity contribution is 0.660. The van der Waals surface area contributed by atoms with Crippen LogP contribution in [-0.4, -0.2) is 0 Å². The summed E-state index contributed by atoms with van der Waals surface area (Å²) < 4.78 is 6.91. The standard InChI is InChI=1S/C54H41NO/c1-53(2)45-26-10-8-20-40(45)44-33-37(30-31-47(44)53)55(49-29-15-28-48-50(49)43-21-9-11-27-46(43)54(48,3)4)36-19-12-18-35(32-36)39-23-14-25-42-41-24-13-22-38(51(41)56-52(39)42)34-16-6-5-7-17-34/h5-33H,1-4H3. The first-order valence-corrected chi connectivity index (χ1v) is 19.7. The molecule has 0 spiro atoms. The van der Waals surface area contributed by atoms with Gasteiger partial charge in [-0.25, -0.2) is 0 Å². The van der Waals surface area contributed by atoms with Gasteiger partial charge >= 0.3 is 0 Å². The van der Waals surface area contributed by atoms with Gasteiger partial charge in [0.15, 0.2) is 0 Å². The molecule has 56 heavy (non-hydrogen) atoms. The number of anilines is 3. The molecule has 0 fully saturated rings. The lowest BCUT2D eigenvalue weighted by Gasteiger charge is -2.30. The lowest BCUT2D eigenvalue weighted by Crippen LogP contribution is -2.16. The maximum absolute atomic E-state index is 6.91. The lowest BCUT2D eigenvalue weighted by atomic mass is 9.82. The van der Waals surface area contributed by atoms with Crippen molar-refractivity contribution in [2.75, 3.05) is 4.90 Å². The molecule has 2 aliphatic carbocycles. The molecule has 0 saturated carbocycles. The molecule has 0 N–H and O–H groups in total. The van der Waals surface area contributed by atoms with Gasteiger partial charge in [0, 0.05) is 49.7 Å². The monoisotopic (exact) mass is 719 g/mol. The van der Waals surface area contributed by atoms with E-state index >= 15 is 0 Å². The van der Waals surface area contributed by atoms with Crippen molar-refractivity contribution in [3.05, 3.63) is 198 Å². The van der Waals surface area contributed by atoms with Crippen molar-refractivity contribution in [3.63, 3.8) is 0 Å². The summed E-state index contributed by atoms with van der Waals surface area (Å²) in [6, 6.07) is 64.4. The van der Waals surface area contributed by atoms with Crippen LogP contribution in [0, 0.1) is 0 Å². The molecule has 1 heterocycles.